The molecule has 0 aliphatic carbocycles. The van der Waals surface area contributed by atoms with Crippen LogP contribution in [0, 0.1) is 0 Å². The lowest BCUT2D eigenvalue weighted by Crippen LogP contribution is -2.30. The predicted molar refractivity (Wildman–Crippen MR) is 85.2 cm³/mol. The number of rotatable bonds is 1. The van der Waals surface area contributed by atoms with Crippen molar-refractivity contribution in [3.05, 3.63) is 29.3 Å². The van der Waals surface area contributed by atoms with Crippen molar-refractivity contribution >= 4 is 40.2 Å². The standard InChI is InChI=1S/C14H15ClFN3OS/c15-10-1-3-12(4-2-10)19-7-8-21-14(19)17-13(20)18-6-5-11(16)9-18/h1-4,11H,5-9H2/t11-/m1/s1. The van der Waals surface area contributed by atoms with Gasteiger partial charge in [-0.2, -0.15) is 4.99 Å². The van der Waals surface area contributed by atoms with Crippen LogP contribution in [0.4, 0.5) is 14.9 Å². The quantitative estimate of drug-likeness (QED) is 0.793. The number of thioether (sulfide) groups is 1. The van der Waals surface area contributed by atoms with Crippen LogP contribution in [-0.2, 0) is 0 Å². The molecule has 4 nitrogen and oxygen atoms in total. The Balaban J connectivity index is 1.75. The number of benzene rings is 1. The number of amides is 2. The second-order valence-corrected chi connectivity index (χ2v) is 6.48. The molecule has 21 heavy (non-hydrogen) atoms. The number of carbonyl (C=O) groups excluding carboxylic acids is 1. The van der Waals surface area contributed by atoms with Gasteiger partial charge in [0.05, 0.1) is 6.54 Å². The third kappa shape index (κ3) is 3.32. The minimum absolute atomic E-state index is 0.154. The molecule has 0 unspecified atom stereocenters. The maximum atomic E-state index is 13.2. The van der Waals surface area contributed by atoms with Gasteiger partial charge in [-0.3, -0.25) is 0 Å². The van der Waals surface area contributed by atoms with Gasteiger partial charge in [-0.05, 0) is 30.7 Å². The number of alkyl halides is 1. The van der Waals surface area contributed by atoms with Gasteiger partial charge < -0.3 is 9.80 Å². The molecular formula is C14H15ClFN3OS. The van der Waals surface area contributed by atoms with Crippen LogP contribution in [-0.4, -0.2) is 47.7 Å². The first kappa shape index (κ1) is 14.7. The second kappa shape index (κ2) is 6.23. The summed E-state index contributed by atoms with van der Waals surface area (Å²) in [5.41, 5.74) is 0.959. The van der Waals surface area contributed by atoms with Crippen molar-refractivity contribution in [1.29, 1.82) is 0 Å². The van der Waals surface area contributed by atoms with Crippen LogP contribution in [0.15, 0.2) is 29.3 Å². The van der Waals surface area contributed by atoms with Crippen LogP contribution in [0.1, 0.15) is 6.42 Å². The Bertz CT molecular complexity index is 566. The van der Waals surface area contributed by atoms with E-state index in [0.717, 1.165) is 18.0 Å². The minimum atomic E-state index is -0.919. The average Bonchev–Trinajstić information content (AvgIpc) is 3.09. The summed E-state index contributed by atoms with van der Waals surface area (Å²) in [6.45, 7) is 1.40. The SMILES string of the molecule is O=C(N=C1SCCN1c1ccc(Cl)cc1)N1CC[C@@H](F)C1. The zero-order valence-electron chi connectivity index (χ0n) is 11.3. The van der Waals surface area contributed by atoms with Crippen molar-refractivity contribution in [2.24, 2.45) is 4.99 Å². The summed E-state index contributed by atoms with van der Waals surface area (Å²) in [6.07, 6.45) is -0.511. The number of likely N-dealkylation sites (tertiary alicyclic amines) is 1. The third-order valence-corrected chi connectivity index (χ3v) is 4.72. The fourth-order valence-corrected chi connectivity index (χ4v) is 3.48. The Labute approximate surface area is 132 Å². The van der Waals surface area contributed by atoms with Gasteiger partial charge in [0.25, 0.3) is 0 Å². The van der Waals surface area contributed by atoms with Gasteiger partial charge in [0.1, 0.15) is 6.17 Å². The molecule has 0 aromatic heterocycles. The topological polar surface area (TPSA) is 35.9 Å². The molecule has 2 fully saturated rings. The predicted octanol–water partition coefficient (Wildman–Crippen LogP) is 3.41. The highest BCUT2D eigenvalue weighted by Crippen LogP contribution is 2.27. The Morgan fingerprint density at radius 3 is 2.76 bits per heavy atom. The minimum Gasteiger partial charge on any atom is -0.320 e. The zero-order valence-corrected chi connectivity index (χ0v) is 12.9. The lowest BCUT2D eigenvalue weighted by Gasteiger charge is -2.19. The van der Waals surface area contributed by atoms with Crippen molar-refractivity contribution in [3.63, 3.8) is 0 Å². The molecule has 1 aromatic rings. The molecule has 0 bridgehead atoms. The Morgan fingerprint density at radius 1 is 1.33 bits per heavy atom. The van der Waals surface area contributed by atoms with Crippen molar-refractivity contribution in [2.45, 2.75) is 12.6 Å². The molecule has 3 rings (SSSR count). The number of anilines is 1. The van der Waals surface area contributed by atoms with Gasteiger partial charge in [-0.1, -0.05) is 23.4 Å². The maximum absolute atomic E-state index is 13.2. The van der Waals surface area contributed by atoms with Crippen LogP contribution < -0.4 is 4.90 Å². The number of hydrogen-bond donors (Lipinski definition) is 0. The fourth-order valence-electron chi connectivity index (χ4n) is 2.40. The van der Waals surface area contributed by atoms with Crippen molar-refractivity contribution in [1.82, 2.24) is 4.90 Å². The second-order valence-electron chi connectivity index (χ2n) is 4.99. The van der Waals surface area contributed by atoms with Crippen LogP contribution in [0.25, 0.3) is 0 Å². The van der Waals surface area contributed by atoms with Crippen LogP contribution in [0.2, 0.25) is 5.02 Å². The van der Waals surface area contributed by atoms with Crippen LogP contribution >= 0.6 is 23.4 Å². The number of halogens is 2. The first-order chi connectivity index (χ1) is 10.1. The molecule has 2 aliphatic heterocycles. The van der Waals surface area contributed by atoms with E-state index in [2.05, 4.69) is 4.99 Å². The highest BCUT2D eigenvalue weighted by Gasteiger charge is 2.28. The summed E-state index contributed by atoms with van der Waals surface area (Å²) in [6, 6.07) is 7.09. The number of amidine groups is 1. The molecule has 0 N–H and O–H groups in total. The van der Waals surface area contributed by atoms with E-state index in [1.807, 2.05) is 29.2 Å². The van der Waals surface area contributed by atoms with E-state index in [9.17, 15) is 9.18 Å². The Kier molecular flexibility index (Phi) is 4.35. The number of carbonyl (C=O) groups is 1. The summed E-state index contributed by atoms with van der Waals surface area (Å²) in [5, 5.41) is 1.34. The molecule has 1 atom stereocenters. The normalized spacial score (nSPS) is 24.1. The zero-order chi connectivity index (χ0) is 14.8. The van der Waals surface area contributed by atoms with E-state index in [4.69, 9.17) is 11.6 Å². The lowest BCUT2D eigenvalue weighted by molar-refractivity contribution is 0.214. The molecule has 2 heterocycles. The van der Waals surface area contributed by atoms with Gasteiger partial charge in [-0.25, -0.2) is 9.18 Å². The van der Waals surface area contributed by atoms with Gasteiger partial charge in [0.15, 0.2) is 5.17 Å². The molecular weight excluding hydrogens is 313 g/mol. The van der Waals surface area contributed by atoms with Gasteiger partial charge in [0, 0.05) is 29.6 Å². The summed E-state index contributed by atoms with van der Waals surface area (Å²) in [4.78, 5) is 19.7. The first-order valence-electron chi connectivity index (χ1n) is 6.81. The Hall–Kier alpha value is -1.27. The molecule has 0 radical (unpaired) electrons. The molecule has 7 heteroatoms. The van der Waals surface area contributed by atoms with E-state index in [-0.39, 0.29) is 12.6 Å². The van der Waals surface area contributed by atoms with E-state index in [1.165, 1.54) is 16.7 Å². The highest BCUT2D eigenvalue weighted by molar-refractivity contribution is 8.14. The van der Waals surface area contributed by atoms with Gasteiger partial charge in [-0.15, -0.1) is 0 Å². The molecule has 0 saturated carbocycles. The largest absolute Gasteiger partial charge is 0.346 e. The number of urea groups is 1. The van der Waals surface area contributed by atoms with Crippen molar-refractivity contribution in [3.8, 4) is 0 Å². The molecule has 1 aromatic carbocycles. The molecule has 0 spiro atoms. The summed E-state index contributed by atoms with van der Waals surface area (Å²) < 4.78 is 13.2. The van der Waals surface area contributed by atoms with Gasteiger partial charge >= 0.3 is 6.03 Å². The average molecular weight is 328 g/mol. The van der Waals surface area contributed by atoms with Crippen molar-refractivity contribution < 1.29 is 9.18 Å². The summed E-state index contributed by atoms with van der Waals surface area (Å²) >= 11 is 7.43. The van der Waals surface area contributed by atoms with E-state index in [0.29, 0.717) is 23.2 Å². The van der Waals surface area contributed by atoms with Crippen LogP contribution in [0.3, 0.4) is 0 Å². The van der Waals surface area contributed by atoms with E-state index in [1.54, 1.807) is 0 Å². The number of aliphatic imine (C=N–C) groups is 1. The number of nitrogens with zero attached hydrogens (tertiary/aromatic N) is 3. The van der Waals surface area contributed by atoms with E-state index >= 15 is 0 Å². The van der Waals surface area contributed by atoms with Crippen LogP contribution in [0.5, 0.6) is 0 Å². The van der Waals surface area contributed by atoms with E-state index < -0.39 is 6.17 Å². The van der Waals surface area contributed by atoms with Gasteiger partial charge in [0.2, 0.25) is 0 Å². The lowest BCUT2D eigenvalue weighted by atomic mass is 10.3. The molecule has 2 saturated heterocycles. The number of hydrogen-bond acceptors (Lipinski definition) is 2. The fraction of sp³-hybridized carbons (Fsp3) is 0.429. The highest BCUT2D eigenvalue weighted by atomic mass is 35.5. The Morgan fingerprint density at radius 2 is 2.10 bits per heavy atom. The summed E-state index contributed by atoms with van der Waals surface area (Å²) in [7, 11) is 0. The molecule has 2 amide bonds. The smallest absolute Gasteiger partial charge is 0.320 e. The third-order valence-electron chi connectivity index (χ3n) is 3.51. The molecule has 112 valence electrons. The monoisotopic (exact) mass is 327 g/mol. The maximum Gasteiger partial charge on any atom is 0.346 e. The van der Waals surface area contributed by atoms with Crippen molar-refractivity contribution in [2.75, 3.05) is 30.3 Å². The summed E-state index contributed by atoms with van der Waals surface area (Å²) in [5.74, 6) is 0.875. The molecule has 2 aliphatic rings. The first-order valence-corrected chi connectivity index (χ1v) is 8.17.